The molecule has 4 aromatic rings. The molecule has 6 heteroatoms. The quantitative estimate of drug-likeness (QED) is 0.119. The van der Waals surface area contributed by atoms with E-state index in [1.165, 1.54) is 44.8 Å². The molecule has 6 rings (SSSR count). The van der Waals surface area contributed by atoms with Crippen LogP contribution in [0, 0.1) is 13.1 Å². The van der Waals surface area contributed by atoms with Crippen molar-refractivity contribution < 1.29 is 26.4 Å². The maximum absolute atomic E-state index is 6.30. The van der Waals surface area contributed by atoms with Gasteiger partial charge in [0.05, 0.1) is 22.6 Å². The van der Waals surface area contributed by atoms with E-state index < -0.39 is 0 Å². The Labute approximate surface area is 333 Å². The smallest absolute Gasteiger partial charge is 0.403 e. The number of nitrogens with zero attached hydrogens (tertiary/aromatic N) is 2. The van der Waals surface area contributed by atoms with E-state index >= 15 is 0 Å². The van der Waals surface area contributed by atoms with E-state index in [0.717, 1.165) is 0 Å². The summed E-state index contributed by atoms with van der Waals surface area (Å²) in [7, 11) is -0.289. The summed E-state index contributed by atoms with van der Waals surface area (Å²) in [6.07, 6.45) is 6.56. The van der Waals surface area contributed by atoms with Crippen LogP contribution in [0.25, 0.3) is 0 Å². The summed E-state index contributed by atoms with van der Waals surface area (Å²) in [6.45, 7) is 30.2. The van der Waals surface area contributed by atoms with Crippen LogP contribution in [0.5, 0.6) is 0 Å². The summed E-state index contributed by atoms with van der Waals surface area (Å²) in [5.74, 6) is 1.90. The molecule has 0 spiro atoms. The summed E-state index contributed by atoms with van der Waals surface area (Å²) in [5.41, 5.74) is 9.78. The SMILES string of the molecule is CC(C)c1cccc(C(C)C)c1N1[C]N(c2c(C(C)C)cccc2C(C)C)C=C1.CC1(C)OB([C@@H]([CH-]c2ccccc2)c2ccccc2)OC1(C)C.[Cu+]. The van der Waals surface area contributed by atoms with Crippen LogP contribution in [-0.2, 0) is 26.4 Å². The molecule has 0 amide bonds. The van der Waals surface area contributed by atoms with Crippen molar-refractivity contribution in [1.82, 2.24) is 0 Å². The minimum Gasteiger partial charge on any atom is -0.403 e. The van der Waals surface area contributed by atoms with Gasteiger partial charge in [-0.05, 0) is 79.4 Å². The molecule has 4 nitrogen and oxygen atoms in total. The van der Waals surface area contributed by atoms with Crippen molar-refractivity contribution in [1.29, 1.82) is 0 Å². The number of hydrogen-bond donors (Lipinski definition) is 0. The van der Waals surface area contributed by atoms with Crippen molar-refractivity contribution in [2.45, 2.75) is 124 Å². The fourth-order valence-corrected chi connectivity index (χ4v) is 6.96. The number of anilines is 2. The zero-order valence-electron chi connectivity index (χ0n) is 33.9. The molecule has 0 aromatic heterocycles. The van der Waals surface area contributed by atoms with E-state index in [-0.39, 0.29) is 41.2 Å². The standard InChI is InChI=1S/C27H36N2.C20H24BO2.Cu/c1-18(2)22-11-9-12-23(19(3)4)26(22)28-15-16-29(17-28)27-24(20(5)6)13-10-14-25(27)21(7)8;1-19(2)20(3,4)23-21(22-19)18(17-13-9-6-10-14-17)15-16-11-7-5-8-12-16;/h9-16,18-21H,1-8H3;5-15,18H,1-4H3;/q;-1;+1/t;18-;/m.0./s1. The van der Waals surface area contributed by atoms with Crippen molar-refractivity contribution in [2.24, 2.45) is 0 Å². The average Bonchev–Trinajstić information content (AvgIpc) is 3.68. The van der Waals surface area contributed by atoms with Gasteiger partial charge in [-0.25, -0.2) is 0 Å². The molecule has 0 bridgehead atoms. The minimum absolute atomic E-state index is 0. The zero-order valence-corrected chi connectivity index (χ0v) is 34.9. The zero-order chi connectivity index (χ0) is 37.8. The second-order valence-electron chi connectivity index (χ2n) is 16.5. The van der Waals surface area contributed by atoms with Crippen LogP contribution in [0.4, 0.5) is 11.4 Å². The van der Waals surface area contributed by atoms with Crippen LogP contribution in [0.2, 0.25) is 0 Å². The van der Waals surface area contributed by atoms with E-state index in [4.69, 9.17) is 9.31 Å². The van der Waals surface area contributed by atoms with Crippen LogP contribution in [0.3, 0.4) is 0 Å². The van der Waals surface area contributed by atoms with Gasteiger partial charge in [0.1, 0.15) is 0 Å². The first-order valence-electron chi connectivity index (χ1n) is 19.2. The van der Waals surface area contributed by atoms with Gasteiger partial charge in [0.25, 0.3) is 0 Å². The summed E-state index contributed by atoms with van der Waals surface area (Å²) >= 11 is 0. The Bertz CT molecular complexity index is 1650. The first-order chi connectivity index (χ1) is 24.6. The molecule has 2 heterocycles. The molecule has 1 saturated heterocycles. The van der Waals surface area contributed by atoms with E-state index in [1.54, 1.807) is 0 Å². The van der Waals surface area contributed by atoms with E-state index in [0.29, 0.717) is 23.7 Å². The van der Waals surface area contributed by atoms with Gasteiger partial charge in [-0.1, -0.05) is 134 Å². The molecule has 0 unspecified atom stereocenters. The number of benzene rings is 4. The molecule has 53 heavy (non-hydrogen) atoms. The van der Waals surface area contributed by atoms with Crippen LogP contribution >= 0.6 is 0 Å². The summed E-state index contributed by atoms with van der Waals surface area (Å²) in [5, 5.41) is 0. The third-order valence-electron chi connectivity index (χ3n) is 10.7. The topological polar surface area (TPSA) is 24.9 Å². The first-order valence-corrected chi connectivity index (χ1v) is 19.2. The van der Waals surface area contributed by atoms with Gasteiger partial charge in [-0.3, -0.25) is 0 Å². The van der Waals surface area contributed by atoms with Crippen molar-refractivity contribution in [3.8, 4) is 0 Å². The molecule has 0 N–H and O–H groups in total. The van der Waals surface area contributed by atoms with E-state index in [1.807, 2.05) is 12.1 Å². The molecule has 2 radical (unpaired) electrons. The molecule has 2 aliphatic heterocycles. The average molecular weight is 759 g/mol. The van der Waals surface area contributed by atoms with Crippen molar-refractivity contribution in [3.63, 3.8) is 0 Å². The molecular formula is C47H60BCuN2O2. The van der Waals surface area contributed by atoms with Gasteiger partial charge >= 0.3 is 24.2 Å². The van der Waals surface area contributed by atoms with Crippen LogP contribution in [0.15, 0.2) is 109 Å². The number of para-hydroxylation sites is 2. The van der Waals surface area contributed by atoms with Gasteiger partial charge in [0.15, 0.2) is 0 Å². The van der Waals surface area contributed by atoms with Crippen LogP contribution < -0.4 is 9.80 Å². The number of rotatable bonds is 10. The van der Waals surface area contributed by atoms with Crippen molar-refractivity contribution >= 4 is 18.5 Å². The van der Waals surface area contributed by atoms with Crippen LogP contribution in [-0.4, -0.2) is 18.3 Å². The summed E-state index contributed by atoms with van der Waals surface area (Å²) < 4.78 is 12.6. The third kappa shape index (κ3) is 9.64. The second-order valence-corrected chi connectivity index (χ2v) is 16.5. The Morgan fingerprint density at radius 1 is 0.528 bits per heavy atom. The number of hydrogen-bond acceptors (Lipinski definition) is 4. The molecule has 1 atom stereocenters. The fraction of sp³-hybridized carbons (Fsp3) is 0.404. The minimum atomic E-state index is -0.324. The monoisotopic (exact) mass is 758 g/mol. The Morgan fingerprint density at radius 3 is 1.25 bits per heavy atom. The Morgan fingerprint density at radius 2 is 0.887 bits per heavy atom. The molecule has 4 aromatic carbocycles. The predicted octanol–water partition coefficient (Wildman–Crippen LogP) is 12.6. The van der Waals surface area contributed by atoms with E-state index in [9.17, 15) is 0 Å². The predicted molar refractivity (Wildman–Crippen MR) is 222 cm³/mol. The molecule has 1 fully saturated rings. The third-order valence-corrected chi connectivity index (χ3v) is 10.7. The largest absolute Gasteiger partial charge is 1.00 e. The van der Waals surface area contributed by atoms with Gasteiger partial charge in [0, 0.05) is 12.4 Å². The molecule has 2 aliphatic rings. The van der Waals surface area contributed by atoms with Crippen molar-refractivity contribution in [2.75, 3.05) is 9.80 Å². The maximum Gasteiger partial charge on any atom is 1.00 e. The molecule has 0 aliphatic carbocycles. The normalized spacial score (nSPS) is 16.6. The maximum atomic E-state index is 6.30. The Hall–Kier alpha value is -3.41. The van der Waals surface area contributed by atoms with Gasteiger partial charge in [-0.2, -0.15) is 24.1 Å². The van der Waals surface area contributed by atoms with Gasteiger partial charge in [0.2, 0.25) is 6.67 Å². The second kappa shape index (κ2) is 17.8. The summed E-state index contributed by atoms with van der Waals surface area (Å²) in [4.78, 5) is 4.40. The first kappa shape index (κ1) is 42.3. The molecular weight excluding hydrogens is 699 g/mol. The van der Waals surface area contributed by atoms with Crippen LogP contribution in [0.1, 0.15) is 146 Å². The van der Waals surface area contributed by atoms with Crippen molar-refractivity contribution in [3.05, 3.63) is 156 Å². The summed E-state index contributed by atoms with van der Waals surface area (Å²) in [6, 6.07) is 34.2. The Balaban J connectivity index is 0.000000238. The Kier molecular flexibility index (Phi) is 14.2. The molecule has 284 valence electrons. The van der Waals surface area contributed by atoms with Gasteiger partial charge < -0.3 is 19.1 Å². The van der Waals surface area contributed by atoms with E-state index in [2.05, 4.69) is 203 Å². The fourth-order valence-electron chi connectivity index (χ4n) is 6.96. The molecule has 0 saturated carbocycles. The van der Waals surface area contributed by atoms with Gasteiger partial charge in [-0.15, -0.1) is 12.1 Å².